The third kappa shape index (κ3) is 8.31. The van der Waals surface area contributed by atoms with Crippen molar-refractivity contribution in [2.45, 2.75) is 45.6 Å². The fourth-order valence-electron chi connectivity index (χ4n) is 5.19. The number of ether oxygens (including phenoxy) is 1. The lowest BCUT2D eigenvalue weighted by atomic mass is 9.95. The lowest BCUT2D eigenvalue weighted by molar-refractivity contribution is -0.274. The van der Waals surface area contributed by atoms with Gasteiger partial charge in [-0.2, -0.15) is 4.99 Å². The van der Waals surface area contributed by atoms with E-state index in [0.717, 1.165) is 22.9 Å². The van der Waals surface area contributed by atoms with Gasteiger partial charge in [-0.1, -0.05) is 62.0 Å². The number of aliphatic imine (C=N–C) groups is 1. The van der Waals surface area contributed by atoms with Crippen LogP contribution in [0, 0.1) is 6.92 Å². The number of hydrogen-bond acceptors (Lipinski definition) is 7. The Balaban J connectivity index is 1.27. The fraction of sp³-hybridized carbons (Fsp3) is 0.250. The van der Waals surface area contributed by atoms with Crippen LogP contribution in [-0.4, -0.2) is 61.4 Å². The van der Waals surface area contributed by atoms with Crippen molar-refractivity contribution in [2.24, 2.45) is 4.99 Å². The summed E-state index contributed by atoms with van der Waals surface area (Å²) >= 11 is 1.12. The Kier molecular flexibility index (Phi) is 10.0. The molecule has 3 aromatic carbocycles. The molecule has 0 spiro atoms. The van der Waals surface area contributed by atoms with E-state index in [4.69, 9.17) is 0 Å². The maximum atomic E-state index is 13.0. The second-order valence-electron chi connectivity index (χ2n) is 11.0. The van der Waals surface area contributed by atoms with Crippen molar-refractivity contribution in [3.8, 4) is 22.8 Å². The zero-order valence-electron chi connectivity index (χ0n) is 25.9. The van der Waals surface area contributed by atoms with Gasteiger partial charge >= 0.3 is 18.5 Å². The topological polar surface area (TPSA) is 151 Å². The number of amidine groups is 1. The van der Waals surface area contributed by atoms with E-state index >= 15 is 0 Å². The molecule has 250 valence electrons. The number of amides is 4. The van der Waals surface area contributed by atoms with Crippen LogP contribution in [0.3, 0.4) is 0 Å². The number of urea groups is 1. The Labute approximate surface area is 277 Å². The highest BCUT2D eigenvalue weighted by molar-refractivity contribution is 8.15. The first kappa shape index (κ1) is 34.0. The summed E-state index contributed by atoms with van der Waals surface area (Å²) in [5, 5.41) is 18.8. The van der Waals surface area contributed by atoms with Crippen LogP contribution in [-0.2, 0) is 11.2 Å². The van der Waals surface area contributed by atoms with Gasteiger partial charge < -0.3 is 20.5 Å². The third-order valence-electron chi connectivity index (χ3n) is 7.16. The normalized spacial score (nSPS) is 14.8. The van der Waals surface area contributed by atoms with Crippen molar-refractivity contribution >= 4 is 40.6 Å². The number of thioether (sulfide) groups is 1. The highest BCUT2D eigenvalue weighted by atomic mass is 32.2. The molecule has 1 aliphatic rings. The number of carbonyl (C=O) groups excluding carboxylic acids is 2. The maximum absolute atomic E-state index is 13.0. The lowest BCUT2D eigenvalue weighted by Crippen LogP contribution is -2.48. The van der Waals surface area contributed by atoms with Gasteiger partial charge in [0.15, 0.2) is 11.0 Å². The largest absolute Gasteiger partial charge is 0.573 e. The summed E-state index contributed by atoms with van der Waals surface area (Å²) in [6.07, 6.45) is -5.72. The molecule has 16 heteroatoms. The first-order valence-electron chi connectivity index (χ1n) is 14.6. The predicted molar refractivity (Wildman–Crippen MR) is 173 cm³/mol. The second kappa shape index (κ2) is 14.2. The molecule has 1 atom stereocenters. The van der Waals surface area contributed by atoms with E-state index in [1.165, 1.54) is 40.2 Å². The van der Waals surface area contributed by atoms with Crippen molar-refractivity contribution in [1.29, 1.82) is 0 Å². The third-order valence-corrected chi connectivity index (χ3v) is 8.08. The number of alkyl halides is 3. The molecule has 1 aliphatic heterocycles. The fourth-order valence-corrected chi connectivity index (χ4v) is 6.05. The highest BCUT2D eigenvalue weighted by Gasteiger charge is 2.33. The first-order valence-corrected chi connectivity index (χ1v) is 15.6. The summed E-state index contributed by atoms with van der Waals surface area (Å²) < 4.78 is 42.6. The zero-order chi connectivity index (χ0) is 34.6. The number of nitrogens with one attached hydrogen (secondary N) is 2. The van der Waals surface area contributed by atoms with Crippen LogP contribution in [0.25, 0.3) is 17.1 Å². The number of aromatic nitrogens is 3. The number of anilines is 1. The van der Waals surface area contributed by atoms with E-state index in [0.29, 0.717) is 28.3 Å². The predicted octanol–water partition coefficient (Wildman–Crippen LogP) is 6.25. The summed E-state index contributed by atoms with van der Waals surface area (Å²) in [6.45, 7) is 5.99. The molecule has 3 N–H and O–H groups in total. The number of aryl methyl sites for hydroxylation is 1. The standard InChI is InChI=1S/C32H30F3N7O5S/c1-18(2)27-19(3)5-4-6-24(27)42-26(43)16-48-30(42)39-29(44)37-25(38-31(45)46)15-20-7-9-21(10-8-20)28-36-17-41(40-28)22-11-13-23(14-12-22)47-32(33,34)35/h4-14,17-18,25,38H,15-16H2,1-3H3,(H,37,44)(H,45,46)/b39-30-. The van der Waals surface area contributed by atoms with Gasteiger partial charge in [0.05, 0.1) is 17.1 Å². The number of hydrogen-bond donors (Lipinski definition) is 3. The average Bonchev–Trinajstić information content (AvgIpc) is 3.63. The highest BCUT2D eigenvalue weighted by Crippen LogP contribution is 2.35. The molecule has 1 unspecified atom stereocenters. The van der Waals surface area contributed by atoms with E-state index in [-0.39, 0.29) is 34.9 Å². The number of carbonyl (C=O) groups is 3. The quantitative estimate of drug-likeness (QED) is 0.176. The number of benzene rings is 3. The van der Waals surface area contributed by atoms with Crippen molar-refractivity contribution in [3.63, 3.8) is 0 Å². The summed E-state index contributed by atoms with van der Waals surface area (Å²) in [6, 6.07) is 16.8. The van der Waals surface area contributed by atoms with Gasteiger partial charge in [0.2, 0.25) is 5.91 Å². The molecule has 48 heavy (non-hydrogen) atoms. The molecular formula is C32H30F3N7O5S. The molecule has 4 aromatic rings. The first-order chi connectivity index (χ1) is 22.8. The Morgan fingerprint density at radius 3 is 2.42 bits per heavy atom. The van der Waals surface area contributed by atoms with Gasteiger partial charge in [-0.05, 0) is 59.9 Å². The molecule has 2 heterocycles. The number of halogens is 3. The lowest BCUT2D eigenvalue weighted by Gasteiger charge is -2.23. The Hall–Kier alpha value is -5.38. The maximum Gasteiger partial charge on any atom is 0.573 e. The SMILES string of the molecule is Cc1cccc(N2C(=O)CS/C2=N\C(=O)NC(Cc2ccc(-c3ncn(-c4ccc(OC(F)(F)F)cc4)n3)cc2)NC(=O)O)c1C(C)C. The van der Waals surface area contributed by atoms with Gasteiger partial charge in [0.25, 0.3) is 0 Å². The van der Waals surface area contributed by atoms with E-state index in [2.05, 4.69) is 30.4 Å². The summed E-state index contributed by atoms with van der Waals surface area (Å²) in [7, 11) is 0. The molecule has 4 amide bonds. The molecule has 0 radical (unpaired) electrons. The molecule has 0 aliphatic carbocycles. The molecule has 12 nitrogen and oxygen atoms in total. The van der Waals surface area contributed by atoms with Crippen LogP contribution in [0.1, 0.15) is 36.5 Å². The molecule has 5 rings (SSSR count). The van der Waals surface area contributed by atoms with Crippen LogP contribution < -0.4 is 20.3 Å². The van der Waals surface area contributed by atoms with Crippen LogP contribution in [0.4, 0.5) is 28.4 Å². The Morgan fingerprint density at radius 1 is 1.06 bits per heavy atom. The van der Waals surface area contributed by atoms with Gasteiger partial charge in [-0.15, -0.1) is 18.3 Å². The smallest absolute Gasteiger partial charge is 0.465 e. The van der Waals surface area contributed by atoms with Gasteiger partial charge in [-0.3, -0.25) is 9.69 Å². The molecule has 0 bridgehead atoms. The van der Waals surface area contributed by atoms with Crippen molar-refractivity contribution in [3.05, 3.63) is 89.7 Å². The molecule has 0 saturated carbocycles. The van der Waals surface area contributed by atoms with Gasteiger partial charge in [-0.25, -0.2) is 19.3 Å². The van der Waals surface area contributed by atoms with E-state index in [1.54, 1.807) is 24.3 Å². The number of rotatable bonds is 9. The van der Waals surface area contributed by atoms with Crippen molar-refractivity contribution in [2.75, 3.05) is 10.7 Å². The van der Waals surface area contributed by atoms with Crippen LogP contribution >= 0.6 is 11.8 Å². The molecule has 1 aromatic heterocycles. The number of carboxylic acid groups (broad SMARTS) is 1. The van der Waals surface area contributed by atoms with Crippen LogP contribution in [0.2, 0.25) is 0 Å². The van der Waals surface area contributed by atoms with Crippen LogP contribution in [0.15, 0.2) is 78.0 Å². The van der Waals surface area contributed by atoms with E-state index in [1.807, 2.05) is 39.0 Å². The van der Waals surface area contributed by atoms with Gasteiger partial charge in [0, 0.05) is 12.0 Å². The van der Waals surface area contributed by atoms with E-state index in [9.17, 15) is 32.7 Å². The molecule has 1 fully saturated rings. The second-order valence-corrected chi connectivity index (χ2v) is 11.9. The zero-order valence-corrected chi connectivity index (χ0v) is 26.7. The summed E-state index contributed by atoms with van der Waals surface area (Å²) in [5.74, 6) is -0.0227. The minimum atomic E-state index is -4.80. The molecule has 1 saturated heterocycles. The average molecular weight is 682 g/mol. The van der Waals surface area contributed by atoms with Crippen LogP contribution in [0.5, 0.6) is 5.75 Å². The summed E-state index contributed by atoms with van der Waals surface area (Å²) in [5.41, 5.74) is 4.37. The minimum Gasteiger partial charge on any atom is -0.465 e. The van der Waals surface area contributed by atoms with Crippen molar-refractivity contribution < 1.29 is 37.4 Å². The molecular weight excluding hydrogens is 651 g/mol. The monoisotopic (exact) mass is 681 g/mol. The van der Waals surface area contributed by atoms with Crippen molar-refractivity contribution in [1.82, 2.24) is 25.4 Å². The van der Waals surface area contributed by atoms with E-state index < -0.39 is 24.7 Å². The van der Waals surface area contributed by atoms with Gasteiger partial charge in [0.1, 0.15) is 18.2 Å². The Morgan fingerprint density at radius 2 is 1.77 bits per heavy atom. The minimum absolute atomic E-state index is 0.0720. The Bertz CT molecular complexity index is 1840. The summed E-state index contributed by atoms with van der Waals surface area (Å²) in [4.78, 5) is 47.3. The number of nitrogens with zero attached hydrogens (tertiary/aromatic N) is 5.